The van der Waals surface area contributed by atoms with Crippen LogP contribution in [0.4, 0.5) is 0 Å². The molecule has 4 nitrogen and oxygen atoms in total. The Morgan fingerprint density at radius 1 is 0.769 bits per heavy atom. The van der Waals surface area contributed by atoms with E-state index in [9.17, 15) is 9.59 Å². The van der Waals surface area contributed by atoms with Gasteiger partial charge in [0.05, 0.1) is 0 Å². The van der Waals surface area contributed by atoms with Gasteiger partial charge in [0, 0.05) is 18.2 Å². The first-order chi connectivity index (χ1) is 12.6. The van der Waals surface area contributed by atoms with Crippen molar-refractivity contribution in [3.8, 4) is 11.5 Å². The first-order valence-corrected chi connectivity index (χ1v) is 8.99. The number of hydrogen-bond donors (Lipinski definition) is 0. The molecule has 4 heteroatoms. The Bertz CT molecular complexity index is 959. The average Bonchev–Trinajstić information content (AvgIpc) is 2.62. The van der Waals surface area contributed by atoms with E-state index in [1.54, 1.807) is 6.07 Å². The first-order valence-electron chi connectivity index (χ1n) is 8.99. The van der Waals surface area contributed by atoms with Gasteiger partial charge in [0.25, 0.3) is 0 Å². The highest BCUT2D eigenvalue weighted by Crippen LogP contribution is 2.38. The lowest BCUT2D eigenvalue weighted by atomic mass is 10.0. The zero-order valence-electron chi connectivity index (χ0n) is 15.1. The molecule has 0 aromatic heterocycles. The highest BCUT2D eigenvalue weighted by molar-refractivity contribution is 6.03. The average molecular weight is 350 g/mol. The molecule has 0 saturated heterocycles. The van der Waals surface area contributed by atoms with Crippen molar-refractivity contribution in [3.63, 3.8) is 0 Å². The fourth-order valence-corrected chi connectivity index (χ4v) is 2.90. The van der Waals surface area contributed by atoms with Crippen molar-refractivity contribution >= 4 is 33.5 Å². The molecule has 0 radical (unpaired) electrons. The molecule has 3 aromatic rings. The summed E-state index contributed by atoms with van der Waals surface area (Å²) < 4.78 is 11.1. The number of ether oxygens (including phenoxy) is 2. The van der Waals surface area contributed by atoms with Crippen molar-refractivity contribution in [1.29, 1.82) is 0 Å². The van der Waals surface area contributed by atoms with Crippen LogP contribution in [0.5, 0.6) is 11.5 Å². The lowest BCUT2D eigenvalue weighted by molar-refractivity contribution is -0.137. The normalized spacial score (nSPS) is 10.8. The molecule has 0 aliphatic rings. The Balaban J connectivity index is 2.13. The summed E-state index contributed by atoms with van der Waals surface area (Å²) in [6, 6.07) is 15.6. The van der Waals surface area contributed by atoms with E-state index in [1.165, 1.54) is 0 Å². The van der Waals surface area contributed by atoms with E-state index in [2.05, 4.69) is 0 Å². The summed E-state index contributed by atoms with van der Waals surface area (Å²) in [6.07, 6.45) is 2.02. The van der Waals surface area contributed by atoms with Crippen molar-refractivity contribution in [2.24, 2.45) is 0 Å². The highest BCUT2D eigenvalue weighted by Gasteiger charge is 2.17. The van der Waals surface area contributed by atoms with Gasteiger partial charge in [-0.25, -0.2) is 0 Å². The van der Waals surface area contributed by atoms with Crippen molar-refractivity contribution in [3.05, 3.63) is 48.5 Å². The summed E-state index contributed by atoms with van der Waals surface area (Å²) in [7, 11) is 0. The van der Waals surface area contributed by atoms with Gasteiger partial charge in [-0.1, -0.05) is 44.2 Å². The van der Waals surface area contributed by atoms with Gasteiger partial charge in [-0.15, -0.1) is 0 Å². The number of carbonyl (C=O) groups excluding carboxylic acids is 2. The van der Waals surface area contributed by atoms with Crippen LogP contribution in [-0.2, 0) is 9.59 Å². The van der Waals surface area contributed by atoms with E-state index in [0.717, 1.165) is 21.5 Å². The van der Waals surface area contributed by atoms with Gasteiger partial charge >= 0.3 is 11.9 Å². The molecule has 0 atom stereocenters. The monoisotopic (exact) mass is 350 g/mol. The highest BCUT2D eigenvalue weighted by atomic mass is 16.6. The van der Waals surface area contributed by atoms with Crippen molar-refractivity contribution in [2.75, 3.05) is 0 Å². The van der Waals surface area contributed by atoms with Gasteiger partial charge in [-0.3, -0.25) is 9.59 Å². The topological polar surface area (TPSA) is 52.6 Å². The Kier molecular flexibility index (Phi) is 5.52. The Hall–Kier alpha value is -2.88. The molecule has 0 fully saturated rings. The minimum absolute atomic E-state index is 0.288. The molecule has 0 unspecified atom stereocenters. The van der Waals surface area contributed by atoms with E-state index in [0.29, 0.717) is 31.4 Å². The number of benzene rings is 3. The van der Waals surface area contributed by atoms with Gasteiger partial charge in [-0.05, 0) is 47.2 Å². The maximum atomic E-state index is 12.1. The standard InChI is InChI=1S/C22H22O4/c1-3-7-20(23)25-19-12-11-17-13-15-9-5-6-10-16(15)14-18(17)22(19)26-21(24)8-4-2/h5-6,9-14H,3-4,7-8H2,1-2H3. The predicted molar refractivity (Wildman–Crippen MR) is 103 cm³/mol. The van der Waals surface area contributed by atoms with Crippen LogP contribution in [0.3, 0.4) is 0 Å². The molecule has 0 heterocycles. The summed E-state index contributed by atoms with van der Waals surface area (Å²) in [5.74, 6) is -0.0618. The number of rotatable bonds is 6. The maximum absolute atomic E-state index is 12.1. The minimum Gasteiger partial charge on any atom is -0.422 e. The first kappa shape index (κ1) is 17.9. The molecule has 0 amide bonds. The zero-order valence-corrected chi connectivity index (χ0v) is 15.1. The second-order valence-corrected chi connectivity index (χ2v) is 6.26. The molecule has 0 aliphatic carbocycles. The smallest absolute Gasteiger partial charge is 0.311 e. The van der Waals surface area contributed by atoms with Crippen LogP contribution in [-0.4, -0.2) is 11.9 Å². The molecule has 0 spiro atoms. The molecule has 0 aliphatic heterocycles. The summed E-state index contributed by atoms with van der Waals surface area (Å²) >= 11 is 0. The van der Waals surface area contributed by atoms with Crippen LogP contribution in [0.1, 0.15) is 39.5 Å². The molecule has 0 saturated carbocycles. The summed E-state index contributed by atoms with van der Waals surface area (Å²) in [5.41, 5.74) is 0. The van der Waals surface area contributed by atoms with Crippen molar-refractivity contribution in [2.45, 2.75) is 39.5 Å². The molecule has 3 aromatic carbocycles. The van der Waals surface area contributed by atoms with Crippen LogP contribution in [0.25, 0.3) is 21.5 Å². The van der Waals surface area contributed by atoms with Crippen molar-refractivity contribution < 1.29 is 19.1 Å². The van der Waals surface area contributed by atoms with Gasteiger partial charge in [0.1, 0.15) is 0 Å². The van der Waals surface area contributed by atoms with Crippen LogP contribution in [0, 0.1) is 0 Å². The summed E-state index contributed by atoms with van der Waals surface area (Å²) in [5, 5.41) is 3.82. The Labute approximate surface area is 152 Å². The van der Waals surface area contributed by atoms with E-state index >= 15 is 0 Å². The van der Waals surface area contributed by atoms with E-state index in [4.69, 9.17) is 9.47 Å². The minimum atomic E-state index is -0.333. The van der Waals surface area contributed by atoms with E-state index in [-0.39, 0.29) is 17.7 Å². The molecule has 134 valence electrons. The number of carbonyl (C=O) groups is 2. The van der Waals surface area contributed by atoms with Crippen LogP contribution < -0.4 is 9.47 Å². The molecule has 3 rings (SSSR count). The summed E-state index contributed by atoms with van der Waals surface area (Å²) in [6.45, 7) is 3.83. The van der Waals surface area contributed by atoms with Gasteiger partial charge in [0.15, 0.2) is 11.5 Å². The lowest BCUT2D eigenvalue weighted by Crippen LogP contribution is -2.12. The predicted octanol–water partition coefficient (Wildman–Crippen LogP) is 5.40. The van der Waals surface area contributed by atoms with E-state index in [1.807, 2.05) is 56.3 Å². The molecule has 0 N–H and O–H groups in total. The largest absolute Gasteiger partial charge is 0.422 e. The van der Waals surface area contributed by atoms with Gasteiger partial charge in [-0.2, -0.15) is 0 Å². The molecular weight excluding hydrogens is 328 g/mol. The van der Waals surface area contributed by atoms with Crippen LogP contribution in [0.15, 0.2) is 48.5 Å². The number of esters is 2. The van der Waals surface area contributed by atoms with Crippen LogP contribution in [0.2, 0.25) is 0 Å². The summed E-state index contributed by atoms with van der Waals surface area (Å²) in [4.78, 5) is 24.1. The quantitative estimate of drug-likeness (QED) is 0.339. The zero-order chi connectivity index (χ0) is 18.5. The Morgan fingerprint density at radius 3 is 2.04 bits per heavy atom. The van der Waals surface area contributed by atoms with Crippen LogP contribution >= 0.6 is 0 Å². The SMILES string of the molecule is CCCC(=O)Oc1ccc2cc3ccccc3cc2c1OC(=O)CCC. The number of hydrogen-bond acceptors (Lipinski definition) is 4. The second-order valence-electron chi connectivity index (χ2n) is 6.26. The third-order valence-corrected chi connectivity index (χ3v) is 4.15. The fraction of sp³-hybridized carbons (Fsp3) is 0.273. The molecule has 0 bridgehead atoms. The molecular formula is C22H22O4. The fourth-order valence-electron chi connectivity index (χ4n) is 2.90. The lowest BCUT2D eigenvalue weighted by Gasteiger charge is -2.14. The van der Waals surface area contributed by atoms with Crippen molar-refractivity contribution in [1.82, 2.24) is 0 Å². The molecule has 26 heavy (non-hydrogen) atoms. The van der Waals surface area contributed by atoms with Gasteiger partial charge < -0.3 is 9.47 Å². The number of fused-ring (bicyclic) bond motifs is 2. The maximum Gasteiger partial charge on any atom is 0.311 e. The second kappa shape index (κ2) is 8.00. The third-order valence-electron chi connectivity index (χ3n) is 4.15. The Morgan fingerprint density at radius 2 is 1.38 bits per heavy atom. The van der Waals surface area contributed by atoms with Gasteiger partial charge in [0.2, 0.25) is 0 Å². The van der Waals surface area contributed by atoms with E-state index < -0.39 is 0 Å². The third kappa shape index (κ3) is 3.85.